The van der Waals surface area contributed by atoms with E-state index in [4.69, 9.17) is 0 Å². The number of sulfonamides is 1. The number of hydrogen-bond donors (Lipinski definition) is 2. The molecule has 2 aromatic rings. The monoisotopic (exact) mass is 491 g/mol. The summed E-state index contributed by atoms with van der Waals surface area (Å²) in [5.74, 6) is 0. The molecular formula is C20H24F3N3O4S2. The maximum absolute atomic E-state index is 13.6. The zero-order chi connectivity index (χ0) is 23.7. The van der Waals surface area contributed by atoms with E-state index in [0.29, 0.717) is 43.8 Å². The molecule has 0 atom stereocenters. The number of para-hydroxylation sites is 1. The van der Waals surface area contributed by atoms with Gasteiger partial charge in [0.2, 0.25) is 19.9 Å². The molecule has 0 aromatic heterocycles. The van der Waals surface area contributed by atoms with Crippen molar-refractivity contribution in [1.82, 2.24) is 10.0 Å². The second kappa shape index (κ2) is 9.00. The Balaban J connectivity index is 2.14. The van der Waals surface area contributed by atoms with Crippen molar-refractivity contribution in [3.63, 3.8) is 0 Å². The van der Waals surface area contributed by atoms with Crippen LogP contribution in [0.1, 0.15) is 18.4 Å². The van der Waals surface area contributed by atoms with Crippen LogP contribution in [0, 0.1) is 0 Å². The molecule has 1 saturated heterocycles. The van der Waals surface area contributed by atoms with Gasteiger partial charge < -0.3 is 10.2 Å². The number of benzene rings is 2. The number of nitrogens with one attached hydrogen (secondary N) is 2. The van der Waals surface area contributed by atoms with E-state index < -0.39 is 47.4 Å². The maximum Gasteiger partial charge on any atom is 0.417 e. The third kappa shape index (κ3) is 5.08. The van der Waals surface area contributed by atoms with Crippen molar-refractivity contribution in [2.75, 3.05) is 32.1 Å². The second-order valence-electron chi connectivity index (χ2n) is 7.67. The molecule has 3 rings (SSSR count). The minimum atomic E-state index is -4.98. The van der Waals surface area contributed by atoms with E-state index in [9.17, 15) is 30.0 Å². The molecule has 0 amide bonds. The number of anilines is 1. The predicted octanol–water partition coefficient (Wildman–Crippen LogP) is 2.63. The van der Waals surface area contributed by atoms with Gasteiger partial charge in [-0.05, 0) is 56.3 Å². The van der Waals surface area contributed by atoms with Crippen LogP contribution >= 0.6 is 0 Å². The Hall–Kier alpha value is -2.15. The fourth-order valence-electron chi connectivity index (χ4n) is 3.53. The fourth-order valence-corrected chi connectivity index (χ4v) is 6.72. The first kappa shape index (κ1) is 24.5. The van der Waals surface area contributed by atoms with Gasteiger partial charge in [-0.3, -0.25) is 0 Å². The Labute approximate surface area is 185 Å². The minimum Gasteiger partial charge on any atom is -0.377 e. The lowest BCUT2D eigenvalue weighted by atomic mass is 10.1. The van der Waals surface area contributed by atoms with E-state index >= 15 is 0 Å². The summed E-state index contributed by atoms with van der Waals surface area (Å²) in [6.45, 7) is 1.05. The molecular weight excluding hydrogens is 467 g/mol. The Morgan fingerprint density at radius 3 is 2.19 bits per heavy atom. The highest BCUT2D eigenvalue weighted by molar-refractivity contribution is 7.92. The highest BCUT2D eigenvalue weighted by Gasteiger charge is 2.39. The number of halogens is 3. The first-order chi connectivity index (χ1) is 14.8. The van der Waals surface area contributed by atoms with Crippen molar-refractivity contribution in [3.8, 4) is 0 Å². The maximum atomic E-state index is 13.6. The van der Waals surface area contributed by atoms with Gasteiger partial charge in [0.15, 0.2) is 0 Å². The first-order valence-electron chi connectivity index (χ1n) is 9.80. The van der Waals surface area contributed by atoms with Crippen molar-refractivity contribution in [3.05, 3.63) is 48.0 Å². The van der Waals surface area contributed by atoms with Gasteiger partial charge in [0.05, 0.1) is 25.9 Å². The number of hydrogen-bond acceptors (Lipinski definition) is 6. The lowest BCUT2D eigenvalue weighted by Gasteiger charge is -2.24. The number of alkyl halides is 3. The van der Waals surface area contributed by atoms with Crippen LogP contribution in [-0.2, 0) is 26.0 Å². The summed E-state index contributed by atoms with van der Waals surface area (Å²) < 4.78 is 95.5. The van der Waals surface area contributed by atoms with E-state index in [0.717, 1.165) is 6.07 Å². The summed E-state index contributed by atoms with van der Waals surface area (Å²) in [5.41, 5.74) is -1.09. The zero-order valence-electron chi connectivity index (χ0n) is 17.5. The van der Waals surface area contributed by atoms with E-state index in [1.807, 2.05) is 0 Å². The molecule has 0 unspecified atom stereocenters. The third-order valence-electron chi connectivity index (χ3n) is 5.16. The second-order valence-corrected chi connectivity index (χ2v) is 11.3. The van der Waals surface area contributed by atoms with Crippen LogP contribution in [-0.4, -0.2) is 50.1 Å². The van der Waals surface area contributed by atoms with Crippen molar-refractivity contribution in [2.45, 2.75) is 39.7 Å². The van der Waals surface area contributed by atoms with E-state index in [-0.39, 0.29) is 4.90 Å². The summed E-state index contributed by atoms with van der Waals surface area (Å²) in [6.07, 6.45) is -4.16. The van der Waals surface area contributed by atoms with Crippen LogP contribution < -0.4 is 14.9 Å². The van der Waals surface area contributed by atoms with Crippen LogP contribution in [0.4, 0.5) is 18.9 Å². The molecule has 0 spiro atoms. The Morgan fingerprint density at radius 2 is 1.59 bits per heavy atom. The van der Waals surface area contributed by atoms with E-state index in [2.05, 4.69) is 10.0 Å². The Kier molecular flexibility index (Phi) is 6.89. The lowest BCUT2D eigenvalue weighted by molar-refractivity contribution is -0.139. The molecule has 1 aliphatic rings. The normalized spacial score (nSPS) is 16.2. The molecule has 0 radical (unpaired) electrons. The van der Waals surface area contributed by atoms with Crippen molar-refractivity contribution in [2.24, 2.45) is 0 Å². The smallest absolute Gasteiger partial charge is 0.377 e. The molecule has 0 bridgehead atoms. The summed E-state index contributed by atoms with van der Waals surface area (Å²) in [4.78, 5) is -0.232. The van der Waals surface area contributed by atoms with Crippen molar-refractivity contribution in [1.29, 1.82) is 0 Å². The zero-order valence-corrected chi connectivity index (χ0v) is 19.1. The average Bonchev–Trinajstić information content (AvgIpc) is 2.73. The number of nitrogens with zero attached hydrogens (tertiary/aromatic N) is 1. The van der Waals surface area contributed by atoms with Crippen LogP contribution in [0.25, 0.3) is 0 Å². The van der Waals surface area contributed by atoms with Gasteiger partial charge in [0.25, 0.3) is 0 Å². The first-order valence-corrected chi connectivity index (χ1v) is 12.8. The molecule has 0 aliphatic carbocycles. The quantitative estimate of drug-likeness (QED) is 0.645. The Morgan fingerprint density at radius 1 is 0.969 bits per heavy atom. The molecule has 2 N–H and O–H groups in total. The van der Waals surface area contributed by atoms with E-state index in [1.54, 1.807) is 31.1 Å². The number of sulfone groups is 1. The van der Waals surface area contributed by atoms with Gasteiger partial charge >= 0.3 is 6.18 Å². The average molecular weight is 492 g/mol. The van der Waals surface area contributed by atoms with Gasteiger partial charge in [-0.15, -0.1) is 0 Å². The Bertz CT molecular complexity index is 1190. The fraction of sp³-hybridized carbons (Fsp3) is 0.400. The molecule has 2 aromatic carbocycles. The lowest BCUT2D eigenvalue weighted by Crippen LogP contribution is -2.43. The molecule has 1 heterocycles. The number of piperidine rings is 1. The minimum absolute atomic E-state index is 0.139. The molecule has 7 nitrogen and oxygen atoms in total. The molecule has 176 valence electrons. The predicted molar refractivity (Wildman–Crippen MR) is 114 cm³/mol. The van der Waals surface area contributed by atoms with Gasteiger partial charge in [0.1, 0.15) is 0 Å². The third-order valence-corrected chi connectivity index (χ3v) is 8.52. The van der Waals surface area contributed by atoms with Gasteiger partial charge in [-0.25, -0.2) is 21.6 Å². The van der Waals surface area contributed by atoms with Crippen LogP contribution in [0.3, 0.4) is 0 Å². The van der Waals surface area contributed by atoms with E-state index in [1.165, 1.54) is 12.1 Å². The molecule has 12 heteroatoms. The molecule has 32 heavy (non-hydrogen) atoms. The highest BCUT2D eigenvalue weighted by Crippen LogP contribution is 2.37. The van der Waals surface area contributed by atoms with Crippen molar-refractivity contribution >= 4 is 25.5 Å². The van der Waals surface area contributed by atoms with Gasteiger partial charge in [-0.1, -0.05) is 12.1 Å². The highest BCUT2D eigenvalue weighted by atomic mass is 32.2. The standard InChI is InChI=1S/C20H24F3N3O4S2/c1-26(2)17-5-3-4-6-18(17)31(27,28)15-7-8-16(20(21,22)23)19(13-15)32(29,30)25-14-9-11-24-12-10-14/h3-8,13-14,24-25H,9-12H2,1-2H3. The number of rotatable bonds is 6. The largest absolute Gasteiger partial charge is 0.417 e. The van der Waals surface area contributed by atoms with Gasteiger partial charge in [-0.2, -0.15) is 13.2 Å². The summed E-state index contributed by atoms with van der Waals surface area (Å²) in [6, 6.07) is 7.32. The topological polar surface area (TPSA) is 95.6 Å². The van der Waals surface area contributed by atoms with Gasteiger partial charge in [0, 0.05) is 20.1 Å². The molecule has 1 fully saturated rings. The molecule has 1 aliphatic heterocycles. The summed E-state index contributed by atoms with van der Waals surface area (Å²) in [5, 5.41) is 3.04. The SMILES string of the molecule is CN(C)c1ccccc1S(=O)(=O)c1ccc(C(F)(F)F)c(S(=O)(=O)NC2CCNCC2)c1. The van der Waals surface area contributed by atoms with Crippen molar-refractivity contribution < 1.29 is 30.0 Å². The summed E-state index contributed by atoms with van der Waals surface area (Å²) in [7, 11) is -5.69. The van der Waals surface area contributed by atoms with Crippen LogP contribution in [0.5, 0.6) is 0 Å². The summed E-state index contributed by atoms with van der Waals surface area (Å²) >= 11 is 0. The van der Waals surface area contributed by atoms with Crippen LogP contribution in [0.2, 0.25) is 0 Å². The molecule has 0 saturated carbocycles. The van der Waals surface area contributed by atoms with Crippen LogP contribution in [0.15, 0.2) is 57.2 Å².